The number of piperidine rings is 1. The van der Waals surface area contributed by atoms with Crippen molar-refractivity contribution in [1.29, 1.82) is 0 Å². The number of nitrogens with zero attached hydrogens (tertiary/aromatic N) is 1. The lowest BCUT2D eigenvalue weighted by Crippen LogP contribution is -2.44. The van der Waals surface area contributed by atoms with Gasteiger partial charge in [0.05, 0.1) is 6.42 Å². The zero-order valence-corrected chi connectivity index (χ0v) is 16.1. The third kappa shape index (κ3) is 6.00. The zero-order valence-electron chi connectivity index (χ0n) is 15.3. The molecule has 3 N–H and O–H groups in total. The molecule has 144 valence electrons. The van der Waals surface area contributed by atoms with Gasteiger partial charge in [0.15, 0.2) is 0 Å². The van der Waals surface area contributed by atoms with E-state index in [0.717, 1.165) is 24.9 Å². The smallest absolute Gasteiger partial charge is 0.251 e. The van der Waals surface area contributed by atoms with Gasteiger partial charge in [0.1, 0.15) is 0 Å². The van der Waals surface area contributed by atoms with Gasteiger partial charge in [-0.3, -0.25) is 9.59 Å². The van der Waals surface area contributed by atoms with Crippen LogP contribution in [0.2, 0.25) is 0 Å². The summed E-state index contributed by atoms with van der Waals surface area (Å²) in [7, 11) is 0. The number of anilines is 1. The fourth-order valence-electron chi connectivity index (χ4n) is 3.31. The summed E-state index contributed by atoms with van der Waals surface area (Å²) in [4.78, 5) is 26.7. The highest BCUT2D eigenvalue weighted by Gasteiger charge is 2.24. The number of nitrogens with one attached hydrogen (secondary N) is 1. The monoisotopic (exact) mass is 387 g/mol. The van der Waals surface area contributed by atoms with Crippen LogP contribution < -0.4 is 11.1 Å². The number of rotatable bonds is 5. The number of amides is 2. The Morgan fingerprint density at radius 1 is 1.07 bits per heavy atom. The highest BCUT2D eigenvalue weighted by molar-refractivity contribution is 5.94. The molecule has 5 nitrogen and oxygen atoms in total. The van der Waals surface area contributed by atoms with E-state index in [0.29, 0.717) is 36.7 Å². The van der Waals surface area contributed by atoms with Crippen LogP contribution in [0.15, 0.2) is 54.6 Å². The molecule has 27 heavy (non-hydrogen) atoms. The predicted octanol–water partition coefficient (Wildman–Crippen LogP) is 2.90. The minimum atomic E-state index is -0.0593. The second-order valence-electron chi connectivity index (χ2n) is 6.84. The molecule has 0 bridgehead atoms. The van der Waals surface area contributed by atoms with Crippen molar-refractivity contribution in [3.8, 4) is 0 Å². The summed E-state index contributed by atoms with van der Waals surface area (Å²) >= 11 is 0. The van der Waals surface area contributed by atoms with Gasteiger partial charge in [0.25, 0.3) is 5.91 Å². The molecule has 0 spiro atoms. The molecule has 2 aromatic rings. The Morgan fingerprint density at radius 3 is 2.48 bits per heavy atom. The molecular weight excluding hydrogens is 362 g/mol. The maximum atomic E-state index is 12.6. The number of likely N-dealkylation sites (tertiary alicyclic amines) is 1. The molecule has 2 aromatic carbocycles. The third-order valence-electron chi connectivity index (χ3n) is 4.79. The third-order valence-corrected chi connectivity index (χ3v) is 4.79. The summed E-state index contributed by atoms with van der Waals surface area (Å²) in [5.74, 6) is 0.372. The SMILES string of the molecule is Cl.Nc1ccc(CC(=O)N2CCCC(CNC(=O)c3ccccc3)C2)cc1. The maximum Gasteiger partial charge on any atom is 0.251 e. The van der Waals surface area contributed by atoms with Gasteiger partial charge in [-0.25, -0.2) is 0 Å². The van der Waals surface area contributed by atoms with Crippen molar-refractivity contribution >= 4 is 29.9 Å². The summed E-state index contributed by atoms with van der Waals surface area (Å²) in [6.45, 7) is 2.08. The average molecular weight is 388 g/mol. The van der Waals surface area contributed by atoms with E-state index in [1.54, 1.807) is 12.1 Å². The van der Waals surface area contributed by atoms with Crippen molar-refractivity contribution in [2.24, 2.45) is 5.92 Å². The Morgan fingerprint density at radius 2 is 1.78 bits per heavy atom. The molecule has 0 aromatic heterocycles. The summed E-state index contributed by atoms with van der Waals surface area (Å²) < 4.78 is 0. The molecule has 1 aliphatic heterocycles. The van der Waals surface area contributed by atoms with E-state index in [-0.39, 0.29) is 24.2 Å². The molecular formula is C21H26ClN3O2. The lowest BCUT2D eigenvalue weighted by Gasteiger charge is -2.33. The van der Waals surface area contributed by atoms with Crippen molar-refractivity contribution in [2.75, 3.05) is 25.4 Å². The molecule has 1 saturated heterocycles. The minimum Gasteiger partial charge on any atom is -0.399 e. The Bertz CT molecular complexity index is 750. The zero-order chi connectivity index (χ0) is 18.4. The maximum absolute atomic E-state index is 12.6. The Kier molecular flexibility index (Phi) is 7.67. The van der Waals surface area contributed by atoms with Crippen LogP contribution in [-0.4, -0.2) is 36.3 Å². The summed E-state index contributed by atoms with van der Waals surface area (Å²) in [5.41, 5.74) is 8.03. The molecule has 1 unspecified atom stereocenters. The Balaban J connectivity index is 0.00000261. The van der Waals surface area contributed by atoms with Crippen molar-refractivity contribution < 1.29 is 9.59 Å². The van der Waals surface area contributed by atoms with Crippen LogP contribution in [0.25, 0.3) is 0 Å². The van der Waals surface area contributed by atoms with E-state index in [4.69, 9.17) is 5.73 Å². The molecule has 6 heteroatoms. The Hall–Kier alpha value is -2.53. The number of benzene rings is 2. The highest BCUT2D eigenvalue weighted by Crippen LogP contribution is 2.17. The lowest BCUT2D eigenvalue weighted by atomic mass is 9.97. The number of halogens is 1. The first-order valence-electron chi connectivity index (χ1n) is 9.07. The van der Waals surface area contributed by atoms with Crippen LogP contribution in [0, 0.1) is 5.92 Å². The fourth-order valence-corrected chi connectivity index (χ4v) is 3.31. The predicted molar refractivity (Wildman–Crippen MR) is 110 cm³/mol. The van der Waals surface area contributed by atoms with Gasteiger partial charge in [0.2, 0.25) is 5.91 Å². The second kappa shape index (κ2) is 9.97. The van der Waals surface area contributed by atoms with Crippen LogP contribution in [0.3, 0.4) is 0 Å². The van der Waals surface area contributed by atoms with Crippen LogP contribution >= 0.6 is 12.4 Å². The standard InChI is InChI=1S/C21H25N3O2.ClH/c22-19-10-8-16(9-11-19)13-20(25)24-12-4-5-17(15-24)14-23-21(26)18-6-2-1-3-7-18;/h1-3,6-11,17H,4-5,12-15,22H2,(H,23,26);1H. The molecule has 1 fully saturated rings. The van der Waals surface area contributed by atoms with Crippen molar-refractivity contribution in [1.82, 2.24) is 10.2 Å². The van der Waals surface area contributed by atoms with Crippen LogP contribution in [0.1, 0.15) is 28.8 Å². The highest BCUT2D eigenvalue weighted by atomic mass is 35.5. The summed E-state index contributed by atoms with van der Waals surface area (Å²) in [5, 5.41) is 2.99. The van der Waals surface area contributed by atoms with Crippen LogP contribution in [0.4, 0.5) is 5.69 Å². The molecule has 2 amide bonds. The van der Waals surface area contributed by atoms with Crippen LogP contribution in [-0.2, 0) is 11.2 Å². The second-order valence-corrected chi connectivity index (χ2v) is 6.84. The number of hydrogen-bond donors (Lipinski definition) is 2. The van der Waals surface area contributed by atoms with Gasteiger partial charge >= 0.3 is 0 Å². The molecule has 1 aliphatic rings. The molecule has 0 saturated carbocycles. The topological polar surface area (TPSA) is 75.4 Å². The van der Waals surface area contributed by atoms with Crippen LogP contribution in [0.5, 0.6) is 0 Å². The minimum absolute atomic E-state index is 0. The first kappa shape index (κ1) is 20.8. The molecule has 1 heterocycles. The molecule has 0 aliphatic carbocycles. The van der Waals surface area contributed by atoms with Crippen molar-refractivity contribution in [3.05, 3.63) is 65.7 Å². The largest absolute Gasteiger partial charge is 0.399 e. The molecule has 1 atom stereocenters. The van der Waals surface area contributed by atoms with Gasteiger partial charge in [-0.2, -0.15) is 0 Å². The quantitative estimate of drug-likeness (QED) is 0.774. The number of hydrogen-bond acceptors (Lipinski definition) is 3. The number of nitrogen functional groups attached to an aromatic ring is 1. The van der Waals surface area contributed by atoms with E-state index < -0.39 is 0 Å². The van der Waals surface area contributed by atoms with E-state index in [2.05, 4.69) is 5.32 Å². The first-order valence-corrected chi connectivity index (χ1v) is 9.07. The lowest BCUT2D eigenvalue weighted by molar-refractivity contribution is -0.132. The van der Waals surface area contributed by atoms with E-state index in [1.165, 1.54) is 0 Å². The summed E-state index contributed by atoms with van der Waals surface area (Å²) in [6.07, 6.45) is 2.39. The number of carbonyl (C=O) groups excluding carboxylic acids is 2. The van der Waals surface area contributed by atoms with Gasteiger partial charge in [-0.15, -0.1) is 12.4 Å². The number of nitrogens with two attached hydrogens (primary N) is 1. The van der Waals surface area contributed by atoms with E-state index in [1.807, 2.05) is 47.4 Å². The first-order chi connectivity index (χ1) is 12.6. The van der Waals surface area contributed by atoms with Crippen molar-refractivity contribution in [2.45, 2.75) is 19.3 Å². The normalized spacial score (nSPS) is 16.3. The van der Waals surface area contributed by atoms with Gasteiger partial charge < -0.3 is 16.0 Å². The van der Waals surface area contributed by atoms with Gasteiger partial charge in [-0.05, 0) is 48.6 Å². The average Bonchev–Trinajstić information content (AvgIpc) is 2.69. The van der Waals surface area contributed by atoms with E-state index in [9.17, 15) is 9.59 Å². The fraction of sp³-hybridized carbons (Fsp3) is 0.333. The van der Waals surface area contributed by atoms with E-state index >= 15 is 0 Å². The van der Waals surface area contributed by atoms with Gasteiger partial charge in [0, 0.05) is 30.9 Å². The summed E-state index contributed by atoms with van der Waals surface area (Å²) in [6, 6.07) is 16.6. The number of carbonyl (C=O) groups is 2. The van der Waals surface area contributed by atoms with Crippen molar-refractivity contribution in [3.63, 3.8) is 0 Å². The molecule has 0 radical (unpaired) electrons. The van der Waals surface area contributed by atoms with Gasteiger partial charge in [-0.1, -0.05) is 30.3 Å². The Labute approximate surface area is 166 Å². The molecule has 3 rings (SSSR count).